The molecule has 0 atom stereocenters. The fourth-order valence-electron chi connectivity index (χ4n) is 4.06. The summed E-state index contributed by atoms with van der Waals surface area (Å²) < 4.78 is 19.2. The van der Waals surface area contributed by atoms with Gasteiger partial charge in [0.1, 0.15) is 11.6 Å². The van der Waals surface area contributed by atoms with Crippen molar-refractivity contribution in [1.82, 2.24) is 14.9 Å². The number of imidazole rings is 1. The molecular formula is C30H33N3O4. The van der Waals surface area contributed by atoms with Crippen LogP contribution in [0.1, 0.15) is 31.2 Å². The van der Waals surface area contributed by atoms with Gasteiger partial charge in [0.15, 0.2) is 18.1 Å². The summed E-state index contributed by atoms with van der Waals surface area (Å²) in [5.74, 6) is 2.76. The molecule has 0 saturated heterocycles. The summed E-state index contributed by atoms with van der Waals surface area (Å²) in [4.78, 5) is 17.1. The largest absolute Gasteiger partial charge is 0.493 e. The van der Waals surface area contributed by atoms with E-state index in [-0.39, 0.29) is 12.5 Å². The molecule has 4 rings (SSSR count). The molecule has 0 fully saturated rings. The second kappa shape index (κ2) is 13.2. The molecule has 0 aliphatic carbocycles. The van der Waals surface area contributed by atoms with Crippen LogP contribution < -0.4 is 19.5 Å². The molecule has 0 bridgehead atoms. The van der Waals surface area contributed by atoms with Crippen molar-refractivity contribution in [2.45, 2.75) is 32.9 Å². The topological polar surface area (TPSA) is 74.6 Å². The minimum Gasteiger partial charge on any atom is -0.493 e. The van der Waals surface area contributed by atoms with Crippen LogP contribution in [-0.4, -0.2) is 35.8 Å². The maximum absolute atomic E-state index is 12.4. The number of carbonyl (C=O) groups is 1. The number of allylic oxidation sites excluding steroid dienone is 1. The first-order chi connectivity index (χ1) is 18.2. The lowest BCUT2D eigenvalue weighted by atomic mass is 10.2. The third-order valence-electron chi connectivity index (χ3n) is 5.87. The van der Waals surface area contributed by atoms with Crippen LogP contribution in [0.15, 0.2) is 78.9 Å². The van der Waals surface area contributed by atoms with Crippen molar-refractivity contribution >= 4 is 23.0 Å². The molecule has 1 heterocycles. The molecule has 37 heavy (non-hydrogen) atoms. The standard InChI is InChI=1S/C30H33N3O4/c1-3-11-23-16-17-27(28(20-23)35-2)36-19-10-9-18-33-26-15-8-7-14-25(26)32-29(33)21-31-30(34)22-37-24-12-5-4-6-13-24/h3-8,11-17,20H,9-10,18-19,21-22H2,1-2H3,(H,31,34)/b11-3+. The monoisotopic (exact) mass is 499 g/mol. The van der Waals surface area contributed by atoms with E-state index in [0.717, 1.165) is 53.3 Å². The van der Waals surface area contributed by atoms with E-state index in [1.807, 2.05) is 85.8 Å². The average Bonchev–Trinajstić information content (AvgIpc) is 3.29. The number of benzene rings is 3. The fraction of sp³-hybridized carbons (Fsp3) is 0.267. The highest BCUT2D eigenvalue weighted by molar-refractivity contribution is 5.78. The Morgan fingerprint density at radius 1 is 0.973 bits per heavy atom. The number of hydrogen-bond donors (Lipinski definition) is 1. The van der Waals surface area contributed by atoms with Gasteiger partial charge in [0.25, 0.3) is 5.91 Å². The number of nitrogens with one attached hydrogen (secondary N) is 1. The molecular weight excluding hydrogens is 466 g/mol. The predicted molar refractivity (Wildman–Crippen MR) is 146 cm³/mol. The first-order valence-electron chi connectivity index (χ1n) is 12.5. The van der Waals surface area contributed by atoms with Crippen LogP contribution >= 0.6 is 0 Å². The Hall–Kier alpha value is -4.26. The van der Waals surface area contributed by atoms with Crippen LogP contribution in [0, 0.1) is 0 Å². The van der Waals surface area contributed by atoms with Crippen molar-refractivity contribution in [3.8, 4) is 17.2 Å². The van der Waals surface area contributed by atoms with Gasteiger partial charge in [-0.15, -0.1) is 0 Å². The number of methoxy groups -OCH3 is 1. The Labute approximate surface area is 217 Å². The lowest BCUT2D eigenvalue weighted by Gasteiger charge is -2.13. The van der Waals surface area contributed by atoms with Gasteiger partial charge in [-0.05, 0) is 61.7 Å². The fourth-order valence-corrected chi connectivity index (χ4v) is 4.06. The molecule has 192 valence electrons. The summed E-state index contributed by atoms with van der Waals surface area (Å²) in [7, 11) is 1.65. The second-order valence-electron chi connectivity index (χ2n) is 8.51. The van der Waals surface area contributed by atoms with E-state index in [2.05, 4.69) is 16.0 Å². The Kier molecular flexibility index (Phi) is 9.18. The van der Waals surface area contributed by atoms with Crippen molar-refractivity contribution < 1.29 is 19.0 Å². The Bertz CT molecular complexity index is 1330. The Morgan fingerprint density at radius 3 is 2.59 bits per heavy atom. The van der Waals surface area contributed by atoms with Gasteiger partial charge in [0.05, 0.1) is 31.3 Å². The van der Waals surface area contributed by atoms with Crippen molar-refractivity contribution in [3.05, 3.63) is 90.3 Å². The van der Waals surface area contributed by atoms with Gasteiger partial charge in [-0.2, -0.15) is 0 Å². The van der Waals surface area contributed by atoms with Crippen molar-refractivity contribution in [2.24, 2.45) is 0 Å². The van der Waals surface area contributed by atoms with Gasteiger partial charge in [0, 0.05) is 6.54 Å². The summed E-state index contributed by atoms with van der Waals surface area (Å²) in [6, 6.07) is 23.2. The zero-order valence-corrected chi connectivity index (χ0v) is 21.4. The highest BCUT2D eigenvalue weighted by Crippen LogP contribution is 2.29. The predicted octanol–water partition coefficient (Wildman–Crippen LogP) is 5.63. The van der Waals surface area contributed by atoms with E-state index in [1.54, 1.807) is 7.11 Å². The van der Waals surface area contributed by atoms with Crippen LogP contribution in [-0.2, 0) is 17.9 Å². The maximum Gasteiger partial charge on any atom is 0.258 e. The van der Waals surface area contributed by atoms with E-state index in [9.17, 15) is 4.79 Å². The van der Waals surface area contributed by atoms with E-state index < -0.39 is 0 Å². The third kappa shape index (κ3) is 7.13. The molecule has 4 aromatic rings. The molecule has 1 amide bonds. The van der Waals surface area contributed by atoms with Crippen LogP contribution in [0.2, 0.25) is 0 Å². The lowest BCUT2D eigenvalue weighted by molar-refractivity contribution is -0.123. The van der Waals surface area contributed by atoms with E-state index >= 15 is 0 Å². The Balaban J connectivity index is 1.31. The number of rotatable bonds is 13. The summed E-state index contributed by atoms with van der Waals surface area (Å²) >= 11 is 0. The van der Waals surface area contributed by atoms with E-state index in [1.165, 1.54) is 0 Å². The molecule has 0 spiro atoms. The highest BCUT2D eigenvalue weighted by Gasteiger charge is 2.12. The molecule has 1 N–H and O–H groups in total. The van der Waals surface area contributed by atoms with Crippen molar-refractivity contribution in [1.29, 1.82) is 0 Å². The van der Waals surface area contributed by atoms with E-state index in [4.69, 9.17) is 19.2 Å². The number of hydrogen-bond acceptors (Lipinski definition) is 5. The smallest absolute Gasteiger partial charge is 0.258 e. The van der Waals surface area contributed by atoms with Crippen LogP contribution in [0.5, 0.6) is 17.2 Å². The first-order valence-corrected chi connectivity index (χ1v) is 12.5. The minimum atomic E-state index is -0.190. The summed E-state index contributed by atoms with van der Waals surface area (Å²) in [5, 5.41) is 2.93. The molecule has 0 aliphatic heterocycles. The molecule has 0 saturated carbocycles. The van der Waals surface area contributed by atoms with Gasteiger partial charge >= 0.3 is 0 Å². The van der Waals surface area contributed by atoms with Gasteiger partial charge in [-0.1, -0.05) is 48.6 Å². The SMILES string of the molecule is C/C=C/c1ccc(OCCCCn2c(CNC(=O)COc3ccccc3)nc3ccccc32)c(OC)c1. The zero-order valence-electron chi connectivity index (χ0n) is 21.4. The van der Waals surface area contributed by atoms with Crippen LogP contribution in [0.3, 0.4) is 0 Å². The number of para-hydroxylation sites is 3. The number of unbranched alkanes of at least 4 members (excludes halogenated alkanes) is 1. The number of fused-ring (bicyclic) bond motifs is 1. The average molecular weight is 500 g/mol. The zero-order chi connectivity index (χ0) is 25.9. The number of aryl methyl sites for hydroxylation is 1. The molecule has 0 aliphatic rings. The normalized spacial score (nSPS) is 11.1. The molecule has 3 aromatic carbocycles. The molecule has 0 unspecified atom stereocenters. The first kappa shape index (κ1) is 25.8. The van der Waals surface area contributed by atoms with Crippen LogP contribution in [0.4, 0.5) is 0 Å². The highest BCUT2D eigenvalue weighted by atomic mass is 16.5. The Morgan fingerprint density at radius 2 is 1.78 bits per heavy atom. The number of carbonyl (C=O) groups excluding carboxylic acids is 1. The summed E-state index contributed by atoms with van der Waals surface area (Å²) in [6.45, 7) is 3.63. The van der Waals surface area contributed by atoms with Gasteiger partial charge in [-0.25, -0.2) is 4.98 Å². The maximum atomic E-state index is 12.4. The quantitative estimate of drug-likeness (QED) is 0.241. The van der Waals surface area contributed by atoms with Gasteiger partial charge in [0.2, 0.25) is 0 Å². The lowest BCUT2D eigenvalue weighted by Crippen LogP contribution is -2.29. The van der Waals surface area contributed by atoms with Crippen LogP contribution in [0.25, 0.3) is 17.1 Å². The van der Waals surface area contributed by atoms with Crippen molar-refractivity contribution in [2.75, 3.05) is 20.3 Å². The van der Waals surface area contributed by atoms with Gasteiger partial charge < -0.3 is 24.1 Å². The molecule has 1 aromatic heterocycles. The van der Waals surface area contributed by atoms with E-state index in [0.29, 0.717) is 18.9 Å². The van der Waals surface area contributed by atoms with Gasteiger partial charge in [-0.3, -0.25) is 4.79 Å². The summed E-state index contributed by atoms with van der Waals surface area (Å²) in [6.07, 6.45) is 5.78. The summed E-state index contributed by atoms with van der Waals surface area (Å²) in [5.41, 5.74) is 3.04. The third-order valence-corrected chi connectivity index (χ3v) is 5.87. The number of aromatic nitrogens is 2. The molecule has 7 heteroatoms. The van der Waals surface area contributed by atoms with Crippen molar-refractivity contribution in [3.63, 3.8) is 0 Å². The number of ether oxygens (including phenoxy) is 3. The second-order valence-corrected chi connectivity index (χ2v) is 8.51. The molecule has 7 nitrogen and oxygen atoms in total. The number of nitrogens with zero attached hydrogens (tertiary/aromatic N) is 2. The number of amides is 1. The minimum absolute atomic E-state index is 0.0409. The molecule has 0 radical (unpaired) electrons.